The van der Waals surface area contributed by atoms with Crippen molar-refractivity contribution in [2.24, 2.45) is 0 Å². The molecule has 0 aliphatic carbocycles. The van der Waals surface area contributed by atoms with E-state index in [9.17, 15) is 9.59 Å². The Morgan fingerprint density at radius 1 is 0.963 bits per heavy atom. The fraction of sp³-hybridized carbons (Fsp3) is 0.333. The van der Waals surface area contributed by atoms with Crippen LogP contribution in [0, 0.1) is 0 Å². The Kier molecular flexibility index (Phi) is 7.67. The van der Waals surface area contributed by atoms with Crippen LogP contribution in [0.25, 0.3) is 0 Å². The molecule has 0 aromatic heterocycles. The van der Waals surface area contributed by atoms with Crippen molar-refractivity contribution in [2.75, 3.05) is 27.3 Å². The molecular weight excluding hydrogens is 344 g/mol. The number of nitrogens with zero attached hydrogens (tertiary/aromatic N) is 1. The second-order valence-electron chi connectivity index (χ2n) is 6.04. The normalized spacial score (nSPS) is 10.2. The van der Waals surface area contributed by atoms with Crippen LogP contribution in [0.2, 0.25) is 0 Å². The SMILES string of the molecule is CCN(Cc1ccc(OC)c(OC)c1)C(=O)CNC(=O)Cc1ccccc1. The highest BCUT2D eigenvalue weighted by Gasteiger charge is 2.15. The first-order valence-corrected chi connectivity index (χ1v) is 8.86. The van der Waals surface area contributed by atoms with Crippen molar-refractivity contribution in [2.45, 2.75) is 19.9 Å². The molecule has 0 atom stereocenters. The van der Waals surface area contributed by atoms with E-state index in [1.165, 1.54) is 0 Å². The summed E-state index contributed by atoms with van der Waals surface area (Å²) < 4.78 is 10.5. The molecule has 0 unspecified atom stereocenters. The van der Waals surface area contributed by atoms with Gasteiger partial charge in [-0.15, -0.1) is 0 Å². The summed E-state index contributed by atoms with van der Waals surface area (Å²) in [5.41, 5.74) is 1.85. The molecule has 144 valence electrons. The molecule has 27 heavy (non-hydrogen) atoms. The number of nitrogens with one attached hydrogen (secondary N) is 1. The van der Waals surface area contributed by atoms with Crippen LogP contribution in [0.5, 0.6) is 11.5 Å². The van der Waals surface area contributed by atoms with Crippen LogP contribution in [-0.2, 0) is 22.6 Å². The van der Waals surface area contributed by atoms with E-state index in [4.69, 9.17) is 9.47 Å². The van der Waals surface area contributed by atoms with E-state index in [-0.39, 0.29) is 24.8 Å². The van der Waals surface area contributed by atoms with Crippen LogP contribution in [0.4, 0.5) is 0 Å². The summed E-state index contributed by atoms with van der Waals surface area (Å²) in [6.07, 6.45) is 0.260. The first kappa shape index (κ1) is 20.3. The van der Waals surface area contributed by atoms with Crippen molar-refractivity contribution >= 4 is 11.8 Å². The second kappa shape index (κ2) is 10.2. The number of ether oxygens (including phenoxy) is 2. The van der Waals surface area contributed by atoms with Gasteiger partial charge in [-0.05, 0) is 30.2 Å². The lowest BCUT2D eigenvalue weighted by Gasteiger charge is -2.22. The van der Waals surface area contributed by atoms with Gasteiger partial charge in [-0.25, -0.2) is 0 Å². The van der Waals surface area contributed by atoms with Gasteiger partial charge in [-0.2, -0.15) is 0 Å². The highest BCUT2D eigenvalue weighted by Crippen LogP contribution is 2.28. The van der Waals surface area contributed by atoms with Crippen LogP contribution < -0.4 is 14.8 Å². The van der Waals surface area contributed by atoms with E-state index in [0.29, 0.717) is 24.6 Å². The topological polar surface area (TPSA) is 67.9 Å². The molecule has 2 amide bonds. The molecule has 6 heteroatoms. The molecule has 0 saturated heterocycles. The predicted molar refractivity (Wildman–Crippen MR) is 104 cm³/mol. The van der Waals surface area contributed by atoms with Gasteiger partial charge >= 0.3 is 0 Å². The zero-order chi connectivity index (χ0) is 19.6. The van der Waals surface area contributed by atoms with Crippen molar-refractivity contribution in [3.8, 4) is 11.5 Å². The van der Waals surface area contributed by atoms with Gasteiger partial charge in [-0.3, -0.25) is 9.59 Å². The number of benzene rings is 2. The number of rotatable bonds is 9. The minimum absolute atomic E-state index is 0.0210. The van der Waals surface area contributed by atoms with Crippen molar-refractivity contribution in [3.63, 3.8) is 0 Å². The summed E-state index contributed by atoms with van der Waals surface area (Å²) in [7, 11) is 3.16. The third-order valence-corrected chi connectivity index (χ3v) is 4.20. The Hall–Kier alpha value is -3.02. The fourth-order valence-corrected chi connectivity index (χ4v) is 2.71. The first-order valence-electron chi connectivity index (χ1n) is 8.86. The molecule has 6 nitrogen and oxygen atoms in total. The van der Waals surface area contributed by atoms with E-state index in [1.807, 2.05) is 55.5 Å². The maximum absolute atomic E-state index is 12.5. The average molecular weight is 370 g/mol. The summed E-state index contributed by atoms with van der Waals surface area (Å²) >= 11 is 0. The van der Waals surface area contributed by atoms with Gasteiger partial charge in [0.25, 0.3) is 0 Å². The van der Waals surface area contributed by atoms with Gasteiger partial charge in [-0.1, -0.05) is 36.4 Å². The molecule has 2 aromatic rings. The van der Waals surface area contributed by atoms with E-state index in [0.717, 1.165) is 11.1 Å². The smallest absolute Gasteiger partial charge is 0.242 e. The fourth-order valence-electron chi connectivity index (χ4n) is 2.71. The third-order valence-electron chi connectivity index (χ3n) is 4.20. The zero-order valence-electron chi connectivity index (χ0n) is 16.0. The number of hydrogen-bond donors (Lipinski definition) is 1. The minimum atomic E-state index is -0.170. The molecule has 0 heterocycles. The van der Waals surface area contributed by atoms with E-state index in [1.54, 1.807) is 19.1 Å². The lowest BCUT2D eigenvalue weighted by atomic mass is 10.1. The summed E-state index contributed by atoms with van der Waals surface area (Å²) in [5, 5.41) is 2.70. The van der Waals surface area contributed by atoms with E-state index < -0.39 is 0 Å². The predicted octanol–water partition coefficient (Wildman–Crippen LogP) is 2.41. The monoisotopic (exact) mass is 370 g/mol. The second-order valence-corrected chi connectivity index (χ2v) is 6.04. The van der Waals surface area contributed by atoms with Crippen molar-refractivity contribution in [1.29, 1.82) is 0 Å². The van der Waals surface area contributed by atoms with Gasteiger partial charge in [0.15, 0.2) is 11.5 Å². The number of hydrogen-bond acceptors (Lipinski definition) is 4. The molecule has 0 fully saturated rings. The number of likely N-dealkylation sites (N-methyl/N-ethyl adjacent to an activating group) is 1. The summed E-state index contributed by atoms with van der Waals surface area (Å²) in [6.45, 7) is 2.86. The molecular formula is C21H26N2O4. The van der Waals surface area contributed by atoms with Crippen LogP contribution in [-0.4, -0.2) is 44.0 Å². The Morgan fingerprint density at radius 2 is 1.67 bits per heavy atom. The van der Waals surface area contributed by atoms with Crippen molar-refractivity contribution in [3.05, 3.63) is 59.7 Å². The van der Waals surface area contributed by atoms with Crippen LogP contribution in [0.3, 0.4) is 0 Å². The Morgan fingerprint density at radius 3 is 2.30 bits per heavy atom. The van der Waals surface area contributed by atoms with Crippen LogP contribution in [0.1, 0.15) is 18.1 Å². The van der Waals surface area contributed by atoms with Gasteiger partial charge in [0.1, 0.15) is 0 Å². The average Bonchev–Trinajstić information content (AvgIpc) is 2.70. The highest BCUT2D eigenvalue weighted by atomic mass is 16.5. The molecule has 0 aliphatic rings. The summed E-state index contributed by atoms with van der Waals surface area (Å²) in [5.74, 6) is 0.962. The molecule has 2 rings (SSSR count). The minimum Gasteiger partial charge on any atom is -0.493 e. The van der Waals surface area contributed by atoms with Gasteiger partial charge in [0.05, 0.1) is 27.2 Å². The molecule has 0 spiro atoms. The van der Waals surface area contributed by atoms with E-state index >= 15 is 0 Å². The molecule has 0 radical (unpaired) electrons. The molecule has 1 N–H and O–H groups in total. The van der Waals surface area contributed by atoms with Crippen LogP contribution in [0.15, 0.2) is 48.5 Å². The van der Waals surface area contributed by atoms with Gasteiger partial charge in [0.2, 0.25) is 11.8 Å². The van der Waals surface area contributed by atoms with Gasteiger partial charge < -0.3 is 19.7 Å². The Labute approximate surface area is 160 Å². The summed E-state index contributed by atoms with van der Waals surface area (Å²) in [4.78, 5) is 26.2. The summed E-state index contributed by atoms with van der Waals surface area (Å²) in [6, 6.07) is 15.0. The third kappa shape index (κ3) is 6.02. The van der Waals surface area contributed by atoms with Crippen LogP contribution >= 0.6 is 0 Å². The number of amides is 2. The van der Waals surface area contributed by atoms with Crippen molar-refractivity contribution < 1.29 is 19.1 Å². The Balaban J connectivity index is 1.90. The molecule has 0 saturated carbocycles. The quantitative estimate of drug-likeness (QED) is 0.736. The highest BCUT2D eigenvalue weighted by molar-refractivity contribution is 5.85. The molecule has 2 aromatic carbocycles. The largest absolute Gasteiger partial charge is 0.493 e. The van der Waals surface area contributed by atoms with E-state index in [2.05, 4.69) is 5.32 Å². The first-order chi connectivity index (χ1) is 13.1. The zero-order valence-corrected chi connectivity index (χ0v) is 16.0. The number of carbonyl (C=O) groups excluding carboxylic acids is 2. The lowest BCUT2D eigenvalue weighted by Crippen LogP contribution is -2.40. The number of carbonyl (C=O) groups is 2. The van der Waals surface area contributed by atoms with Gasteiger partial charge in [0, 0.05) is 13.1 Å². The lowest BCUT2D eigenvalue weighted by molar-refractivity contribution is -0.133. The Bertz CT molecular complexity index is 762. The maximum Gasteiger partial charge on any atom is 0.242 e. The van der Waals surface area contributed by atoms with Crippen molar-refractivity contribution in [1.82, 2.24) is 10.2 Å². The molecule has 0 bridgehead atoms. The number of methoxy groups -OCH3 is 2. The standard InChI is InChI=1S/C21H26N2O4/c1-4-23(15-17-10-11-18(26-2)19(12-17)27-3)21(25)14-22-20(24)13-16-8-6-5-7-9-16/h5-12H,4,13-15H2,1-3H3,(H,22,24). The molecule has 0 aliphatic heterocycles. The maximum atomic E-state index is 12.5.